The summed E-state index contributed by atoms with van der Waals surface area (Å²) in [7, 11) is -1.79. The molecule has 0 saturated heterocycles. The molecule has 18 heavy (non-hydrogen) atoms. The quantitative estimate of drug-likeness (QED) is 0.816. The van der Waals surface area contributed by atoms with Gasteiger partial charge in [-0.25, -0.2) is 13.6 Å². The summed E-state index contributed by atoms with van der Waals surface area (Å²) in [6.45, 7) is 0.505. The fourth-order valence-electron chi connectivity index (χ4n) is 1.41. The van der Waals surface area contributed by atoms with E-state index in [0.29, 0.717) is 6.54 Å². The van der Waals surface area contributed by atoms with Crippen molar-refractivity contribution < 1.29 is 8.42 Å². The molecule has 7 nitrogen and oxygen atoms in total. The Hall–Kier alpha value is -1.93. The summed E-state index contributed by atoms with van der Waals surface area (Å²) in [5, 5.41) is 15.8. The Kier molecular flexibility index (Phi) is 3.30. The number of nitrogens with two attached hydrogens (primary N) is 1. The highest BCUT2D eigenvalue weighted by atomic mass is 32.2. The molecule has 1 heterocycles. The molecule has 96 valence electrons. The van der Waals surface area contributed by atoms with Gasteiger partial charge in [-0.05, 0) is 24.3 Å². The fraction of sp³-hybridized carbons (Fsp3) is 0.200. The molecular formula is C10H13N5O2S. The molecule has 0 atom stereocenters. The first-order valence-electron chi connectivity index (χ1n) is 5.16. The van der Waals surface area contributed by atoms with Crippen molar-refractivity contribution in [1.29, 1.82) is 0 Å². The standard InChI is InChI=1S/C10H13N5O2S/c1-15-7-13-14-10(15)6-12-8-2-4-9(5-3-8)18(11,16)17/h2-5,7,12H,6H2,1H3,(H2,11,16,17). The maximum atomic E-state index is 11.1. The maximum Gasteiger partial charge on any atom is 0.238 e. The van der Waals surface area contributed by atoms with E-state index in [2.05, 4.69) is 15.5 Å². The zero-order valence-corrected chi connectivity index (χ0v) is 10.6. The summed E-state index contributed by atoms with van der Waals surface area (Å²) in [5.74, 6) is 0.783. The highest BCUT2D eigenvalue weighted by Gasteiger charge is 2.06. The molecule has 0 aliphatic heterocycles. The van der Waals surface area contributed by atoms with E-state index in [1.54, 1.807) is 23.0 Å². The van der Waals surface area contributed by atoms with Crippen LogP contribution in [-0.4, -0.2) is 23.2 Å². The smallest absolute Gasteiger partial charge is 0.238 e. The van der Waals surface area contributed by atoms with Crippen molar-refractivity contribution in [2.45, 2.75) is 11.4 Å². The number of primary sulfonamides is 1. The molecule has 0 spiro atoms. The molecule has 0 fully saturated rings. The number of rotatable bonds is 4. The molecule has 0 aliphatic carbocycles. The van der Waals surface area contributed by atoms with Gasteiger partial charge in [0.1, 0.15) is 6.33 Å². The Balaban J connectivity index is 2.05. The van der Waals surface area contributed by atoms with Crippen molar-refractivity contribution in [2.24, 2.45) is 12.2 Å². The third-order valence-electron chi connectivity index (χ3n) is 2.44. The summed E-state index contributed by atoms with van der Waals surface area (Å²) in [6.07, 6.45) is 1.61. The lowest BCUT2D eigenvalue weighted by atomic mass is 10.3. The maximum absolute atomic E-state index is 11.1. The highest BCUT2D eigenvalue weighted by molar-refractivity contribution is 7.89. The molecule has 0 radical (unpaired) electrons. The Labute approximate surface area is 105 Å². The van der Waals surface area contributed by atoms with Crippen molar-refractivity contribution in [3.8, 4) is 0 Å². The number of sulfonamides is 1. The van der Waals surface area contributed by atoms with Crippen LogP contribution in [0.25, 0.3) is 0 Å². The van der Waals surface area contributed by atoms with Crippen molar-refractivity contribution in [2.75, 3.05) is 5.32 Å². The average molecular weight is 267 g/mol. The minimum Gasteiger partial charge on any atom is -0.378 e. The molecule has 0 saturated carbocycles. The van der Waals surface area contributed by atoms with Gasteiger partial charge in [0.15, 0.2) is 5.82 Å². The van der Waals surface area contributed by atoms with E-state index < -0.39 is 10.0 Å². The number of hydrogen-bond donors (Lipinski definition) is 2. The van der Waals surface area contributed by atoms with Gasteiger partial charge in [0, 0.05) is 12.7 Å². The van der Waals surface area contributed by atoms with Crippen LogP contribution in [0.15, 0.2) is 35.5 Å². The van der Waals surface area contributed by atoms with Gasteiger partial charge in [-0.3, -0.25) is 0 Å². The van der Waals surface area contributed by atoms with E-state index in [-0.39, 0.29) is 4.90 Å². The van der Waals surface area contributed by atoms with Crippen LogP contribution in [0.3, 0.4) is 0 Å². The van der Waals surface area contributed by atoms with Gasteiger partial charge in [-0.15, -0.1) is 10.2 Å². The van der Waals surface area contributed by atoms with Crippen molar-refractivity contribution in [3.63, 3.8) is 0 Å². The van der Waals surface area contributed by atoms with E-state index in [1.165, 1.54) is 12.1 Å². The lowest BCUT2D eigenvalue weighted by Crippen LogP contribution is -2.12. The summed E-state index contributed by atoms with van der Waals surface area (Å²) in [4.78, 5) is 0.0895. The first-order valence-corrected chi connectivity index (χ1v) is 6.71. The third kappa shape index (κ3) is 2.84. The van der Waals surface area contributed by atoms with Crippen LogP contribution in [0, 0.1) is 0 Å². The second-order valence-electron chi connectivity index (χ2n) is 3.78. The Morgan fingerprint density at radius 3 is 2.50 bits per heavy atom. The predicted molar refractivity (Wildman–Crippen MR) is 66.1 cm³/mol. The second kappa shape index (κ2) is 4.75. The highest BCUT2D eigenvalue weighted by Crippen LogP contribution is 2.13. The molecule has 0 bridgehead atoms. The molecular weight excluding hydrogens is 254 g/mol. The van der Waals surface area contributed by atoms with Gasteiger partial charge in [0.25, 0.3) is 0 Å². The Morgan fingerprint density at radius 2 is 2.00 bits per heavy atom. The molecule has 3 N–H and O–H groups in total. The second-order valence-corrected chi connectivity index (χ2v) is 5.34. The molecule has 0 amide bonds. The monoisotopic (exact) mass is 267 g/mol. The van der Waals surface area contributed by atoms with Gasteiger partial charge in [-0.2, -0.15) is 0 Å². The number of aryl methyl sites for hydroxylation is 1. The van der Waals surface area contributed by atoms with E-state index in [1.807, 2.05) is 7.05 Å². The number of nitrogens with one attached hydrogen (secondary N) is 1. The average Bonchev–Trinajstić information content (AvgIpc) is 2.72. The molecule has 1 aromatic heterocycles. The van der Waals surface area contributed by atoms with E-state index in [0.717, 1.165) is 11.5 Å². The minimum absolute atomic E-state index is 0.0895. The Bertz CT molecular complexity index is 633. The van der Waals surface area contributed by atoms with Crippen LogP contribution >= 0.6 is 0 Å². The fourth-order valence-corrected chi connectivity index (χ4v) is 1.93. The van der Waals surface area contributed by atoms with Crippen LogP contribution in [-0.2, 0) is 23.6 Å². The third-order valence-corrected chi connectivity index (χ3v) is 3.37. The number of nitrogens with zero attached hydrogens (tertiary/aromatic N) is 3. The van der Waals surface area contributed by atoms with Gasteiger partial charge < -0.3 is 9.88 Å². The minimum atomic E-state index is -3.64. The molecule has 2 aromatic rings. The topological polar surface area (TPSA) is 103 Å². The zero-order chi connectivity index (χ0) is 13.2. The SMILES string of the molecule is Cn1cnnc1CNc1ccc(S(N)(=O)=O)cc1. The van der Waals surface area contributed by atoms with E-state index in [4.69, 9.17) is 5.14 Å². The van der Waals surface area contributed by atoms with Crippen molar-refractivity contribution in [1.82, 2.24) is 14.8 Å². The largest absolute Gasteiger partial charge is 0.378 e. The lowest BCUT2D eigenvalue weighted by Gasteiger charge is -2.06. The van der Waals surface area contributed by atoms with Gasteiger partial charge in [0.05, 0.1) is 11.4 Å². The first kappa shape index (κ1) is 12.5. The lowest BCUT2D eigenvalue weighted by molar-refractivity contribution is 0.598. The van der Waals surface area contributed by atoms with Gasteiger partial charge in [-0.1, -0.05) is 0 Å². The first-order chi connectivity index (χ1) is 8.47. The number of benzene rings is 1. The summed E-state index contributed by atoms with van der Waals surface area (Å²) in [6, 6.07) is 6.20. The van der Waals surface area contributed by atoms with Crippen LogP contribution in [0.4, 0.5) is 5.69 Å². The number of anilines is 1. The van der Waals surface area contributed by atoms with Crippen LogP contribution in [0.1, 0.15) is 5.82 Å². The molecule has 8 heteroatoms. The van der Waals surface area contributed by atoms with Crippen LogP contribution < -0.4 is 10.5 Å². The van der Waals surface area contributed by atoms with Gasteiger partial charge >= 0.3 is 0 Å². The number of hydrogen-bond acceptors (Lipinski definition) is 5. The summed E-state index contributed by atoms with van der Waals surface area (Å²) < 4.78 is 23.9. The predicted octanol–water partition coefficient (Wildman–Crippen LogP) is 0.0746. The van der Waals surface area contributed by atoms with Crippen molar-refractivity contribution in [3.05, 3.63) is 36.4 Å². The molecule has 1 aromatic carbocycles. The number of aromatic nitrogens is 3. The summed E-state index contributed by atoms with van der Waals surface area (Å²) >= 11 is 0. The normalized spacial score (nSPS) is 11.4. The molecule has 0 aliphatic rings. The Morgan fingerprint density at radius 1 is 1.33 bits per heavy atom. The van der Waals surface area contributed by atoms with Crippen LogP contribution in [0.2, 0.25) is 0 Å². The van der Waals surface area contributed by atoms with E-state index in [9.17, 15) is 8.42 Å². The molecule has 2 rings (SSSR count). The molecule has 0 unspecified atom stereocenters. The van der Waals surface area contributed by atoms with Gasteiger partial charge in [0.2, 0.25) is 10.0 Å². The van der Waals surface area contributed by atoms with Crippen molar-refractivity contribution >= 4 is 15.7 Å². The zero-order valence-electron chi connectivity index (χ0n) is 9.74. The van der Waals surface area contributed by atoms with Crippen LogP contribution in [0.5, 0.6) is 0 Å². The summed E-state index contributed by atoms with van der Waals surface area (Å²) in [5.41, 5.74) is 0.783. The van der Waals surface area contributed by atoms with E-state index >= 15 is 0 Å².